The molecule has 19 heavy (non-hydrogen) atoms. The Bertz CT molecular complexity index is 453. The number of benzene rings is 1. The van der Waals surface area contributed by atoms with E-state index in [1.54, 1.807) is 7.11 Å². The van der Waals surface area contributed by atoms with E-state index in [-0.39, 0.29) is 0 Å². The van der Waals surface area contributed by atoms with Crippen molar-refractivity contribution in [2.24, 2.45) is 17.8 Å². The molecule has 102 valence electrons. The van der Waals surface area contributed by atoms with Crippen LogP contribution in [-0.2, 0) is 6.54 Å². The molecule has 4 aliphatic rings. The molecule has 4 fully saturated rings. The Kier molecular flexibility index (Phi) is 2.63. The van der Waals surface area contributed by atoms with Crippen LogP contribution in [-0.4, -0.2) is 12.6 Å². The van der Waals surface area contributed by atoms with Gasteiger partial charge in [0.25, 0.3) is 0 Å². The molecule has 0 heterocycles. The van der Waals surface area contributed by atoms with E-state index < -0.39 is 0 Å². The van der Waals surface area contributed by atoms with E-state index in [9.17, 15) is 0 Å². The summed E-state index contributed by atoms with van der Waals surface area (Å²) in [5, 5.41) is 3.93. The highest BCUT2D eigenvalue weighted by atomic mass is 16.5. The zero-order chi connectivity index (χ0) is 12.9. The lowest BCUT2D eigenvalue weighted by molar-refractivity contribution is 0.233. The van der Waals surface area contributed by atoms with Crippen LogP contribution in [0, 0.1) is 17.8 Å². The van der Waals surface area contributed by atoms with Crippen molar-refractivity contribution in [1.29, 1.82) is 0 Å². The summed E-state index contributed by atoms with van der Waals surface area (Å²) in [5.41, 5.74) is 1.87. The topological polar surface area (TPSA) is 21.3 Å². The predicted molar refractivity (Wildman–Crippen MR) is 76.1 cm³/mol. The van der Waals surface area contributed by atoms with Crippen LogP contribution in [0.2, 0.25) is 0 Å². The van der Waals surface area contributed by atoms with Crippen LogP contribution >= 0.6 is 0 Å². The Morgan fingerprint density at radius 2 is 1.79 bits per heavy atom. The van der Waals surface area contributed by atoms with Gasteiger partial charge in [-0.05, 0) is 67.6 Å². The molecule has 4 saturated carbocycles. The van der Waals surface area contributed by atoms with Gasteiger partial charge < -0.3 is 10.1 Å². The normalized spacial score (nSPS) is 38.9. The fourth-order valence-electron chi connectivity index (χ4n) is 5.11. The molecule has 4 bridgehead atoms. The second kappa shape index (κ2) is 4.24. The monoisotopic (exact) mass is 257 g/mol. The molecule has 0 amide bonds. The van der Waals surface area contributed by atoms with Crippen molar-refractivity contribution in [3.05, 3.63) is 29.8 Å². The summed E-state index contributed by atoms with van der Waals surface area (Å²) in [7, 11) is 1.72. The molecule has 1 N–H and O–H groups in total. The van der Waals surface area contributed by atoms with Gasteiger partial charge in [-0.15, -0.1) is 0 Å². The highest BCUT2D eigenvalue weighted by Crippen LogP contribution is 2.60. The Morgan fingerprint density at radius 1 is 1.11 bits per heavy atom. The number of hydrogen-bond acceptors (Lipinski definition) is 2. The van der Waals surface area contributed by atoms with E-state index >= 15 is 0 Å². The van der Waals surface area contributed by atoms with Gasteiger partial charge in [0.1, 0.15) is 5.75 Å². The van der Waals surface area contributed by atoms with E-state index in [1.165, 1.54) is 37.7 Å². The van der Waals surface area contributed by atoms with Gasteiger partial charge in [0.05, 0.1) is 7.11 Å². The summed E-state index contributed by atoms with van der Waals surface area (Å²) in [5.74, 6) is 3.97. The van der Waals surface area contributed by atoms with E-state index in [4.69, 9.17) is 4.74 Å². The van der Waals surface area contributed by atoms with Crippen molar-refractivity contribution in [2.75, 3.05) is 7.11 Å². The van der Waals surface area contributed by atoms with Gasteiger partial charge in [-0.3, -0.25) is 0 Å². The predicted octanol–water partition coefficient (Wildman–Crippen LogP) is 3.36. The summed E-state index contributed by atoms with van der Waals surface area (Å²) < 4.78 is 5.21. The van der Waals surface area contributed by atoms with Crippen LogP contribution in [0.25, 0.3) is 0 Å². The van der Waals surface area contributed by atoms with Crippen molar-refractivity contribution in [3.63, 3.8) is 0 Å². The maximum atomic E-state index is 5.21. The molecule has 0 spiro atoms. The van der Waals surface area contributed by atoms with Gasteiger partial charge in [0, 0.05) is 12.1 Å². The number of rotatable bonds is 4. The molecular formula is C17H23NO. The molecule has 0 saturated heterocycles. The molecular weight excluding hydrogens is 234 g/mol. The highest BCUT2D eigenvalue weighted by molar-refractivity contribution is 5.27. The summed E-state index contributed by atoms with van der Waals surface area (Å²) in [4.78, 5) is 0. The second-order valence-electron chi connectivity index (χ2n) is 6.90. The number of ether oxygens (including phenoxy) is 1. The smallest absolute Gasteiger partial charge is 0.118 e. The molecule has 2 heteroatoms. The first kappa shape index (κ1) is 11.8. The van der Waals surface area contributed by atoms with Gasteiger partial charge in [-0.1, -0.05) is 12.1 Å². The van der Waals surface area contributed by atoms with Gasteiger partial charge in [0.15, 0.2) is 0 Å². The van der Waals surface area contributed by atoms with Gasteiger partial charge in [-0.25, -0.2) is 0 Å². The Balaban J connectivity index is 1.44. The zero-order valence-corrected chi connectivity index (χ0v) is 11.7. The van der Waals surface area contributed by atoms with Crippen molar-refractivity contribution in [3.8, 4) is 5.75 Å². The fraction of sp³-hybridized carbons (Fsp3) is 0.647. The third-order valence-electron chi connectivity index (χ3n) is 5.79. The largest absolute Gasteiger partial charge is 0.497 e. The Morgan fingerprint density at radius 3 is 2.42 bits per heavy atom. The lowest BCUT2D eigenvalue weighted by Crippen LogP contribution is -2.45. The maximum absolute atomic E-state index is 5.21. The van der Waals surface area contributed by atoms with Crippen molar-refractivity contribution in [1.82, 2.24) is 5.32 Å². The van der Waals surface area contributed by atoms with Crippen molar-refractivity contribution < 1.29 is 4.74 Å². The first-order valence-electron chi connectivity index (χ1n) is 7.65. The van der Waals surface area contributed by atoms with Crippen molar-refractivity contribution >= 4 is 0 Å². The summed E-state index contributed by atoms with van der Waals surface area (Å²) in [6.45, 7) is 1.01. The van der Waals surface area contributed by atoms with Crippen LogP contribution in [0.3, 0.4) is 0 Å². The van der Waals surface area contributed by atoms with Crippen LogP contribution < -0.4 is 10.1 Å². The fourth-order valence-corrected chi connectivity index (χ4v) is 5.11. The first-order chi connectivity index (χ1) is 9.27. The third kappa shape index (κ3) is 1.88. The molecule has 4 aliphatic carbocycles. The molecule has 2 nitrogen and oxygen atoms in total. The molecule has 0 aliphatic heterocycles. The number of methoxy groups -OCH3 is 1. The minimum Gasteiger partial charge on any atom is -0.497 e. The minimum absolute atomic E-state index is 0.494. The maximum Gasteiger partial charge on any atom is 0.118 e. The van der Waals surface area contributed by atoms with Gasteiger partial charge >= 0.3 is 0 Å². The van der Waals surface area contributed by atoms with E-state index in [2.05, 4.69) is 29.6 Å². The zero-order valence-electron chi connectivity index (χ0n) is 11.7. The molecule has 1 aromatic carbocycles. The van der Waals surface area contributed by atoms with Crippen LogP contribution in [0.4, 0.5) is 0 Å². The molecule has 5 rings (SSSR count). The van der Waals surface area contributed by atoms with Crippen molar-refractivity contribution in [2.45, 2.75) is 44.2 Å². The quantitative estimate of drug-likeness (QED) is 0.893. The molecule has 2 unspecified atom stereocenters. The average Bonchev–Trinajstić information content (AvgIpc) is 2.82. The SMILES string of the molecule is COc1ccc(CNC23CC4CC(CC2C4)C3)cc1. The van der Waals surface area contributed by atoms with E-state index in [0.29, 0.717) is 5.54 Å². The van der Waals surface area contributed by atoms with Crippen LogP contribution in [0.15, 0.2) is 24.3 Å². The summed E-state index contributed by atoms with van der Waals surface area (Å²) in [6, 6.07) is 8.49. The van der Waals surface area contributed by atoms with Gasteiger partial charge in [0.2, 0.25) is 0 Å². The summed E-state index contributed by atoms with van der Waals surface area (Å²) >= 11 is 0. The standard InChI is InChI=1S/C17H23NO/c1-19-16-4-2-12(3-5-16)11-18-17-9-13-6-14(10-17)8-15(17)7-13/h2-5,13-15,18H,6-11H2,1H3. The lowest BCUT2D eigenvalue weighted by Gasteiger charge is -2.34. The number of hydrogen-bond donors (Lipinski definition) is 1. The molecule has 1 aromatic rings. The van der Waals surface area contributed by atoms with Crippen LogP contribution in [0.1, 0.15) is 37.7 Å². The van der Waals surface area contributed by atoms with Gasteiger partial charge in [-0.2, -0.15) is 0 Å². The summed E-state index contributed by atoms with van der Waals surface area (Å²) in [6.07, 6.45) is 7.37. The Hall–Kier alpha value is -1.02. The molecule has 2 atom stereocenters. The minimum atomic E-state index is 0.494. The van der Waals surface area contributed by atoms with E-state index in [1.807, 2.05) is 0 Å². The third-order valence-corrected chi connectivity index (χ3v) is 5.79. The second-order valence-corrected chi connectivity index (χ2v) is 6.90. The Labute approximate surface area is 115 Å². The average molecular weight is 257 g/mol. The number of nitrogens with one attached hydrogen (secondary N) is 1. The lowest BCUT2D eigenvalue weighted by atomic mass is 9.80. The highest BCUT2D eigenvalue weighted by Gasteiger charge is 2.57. The molecule has 0 radical (unpaired) electrons. The molecule has 0 aromatic heterocycles. The van der Waals surface area contributed by atoms with E-state index in [0.717, 1.165) is 30.0 Å². The first-order valence-corrected chi connectivity index (χ1v) is 7.65. The van der Waals surface area contributed by atoms with Crippen LogP contribution in [0.5, 0.6) is 5.75 Å².